The number of aromatic nitrogens is 2. The Morgan fingerprint density at radius 3 is 2.78 bits per heavy atom. The van der Waals surface area contributed by atoms with Crippen molar-refractivity contribution in [3.63, 3.8) is 0 Å². The van der Waals surface area contributed by atoms with Crippen LogP contribution in [0.25, 0.3) is 0 Å². The van der Waals surface area contributed by atoms with Gasteiger partial charge in [-0.2, -0.15) is 0 Å². The summed E-state index contributed by atoms with van der Waals surface area (Å²) < 4.78 is 5.49. The smallest absolute Gasteiger partial charge is 0.238 e. The summed E-state index contributed by atoms with van der Waals surface area (Å²) in [4.78, 5) is 13.6. The zero-order valence-corrected chi connectivity index (χ0v) is 14.9. The number of hydrogen-bond donors (Lipinski definition) is 1. The van der Waals surface area contributed by atoms with Gasteiger partial charge >= 0.3 is 0 Å². The fraction of sp³-hybridized carbons (Fsp3) is 0.588. The highest BCUT2D eigenvalue weighted by atomic mass is 32.1. The molecule has 2 aromatic rings. The van der Waals surface area contributed by atoms with Gasteiger partial charge in [-0.05, 0) is 43.0 Å². The van der Waals surface area contributed by atoms with Crippen LogP contribution in [-0.2, 0) is 11.2 Å². The van der Waals surface area contributed by atoms with Crippen LogP contribution in [-0.4, -0.2) is 16.1 Å². The molecule has 0 radical (unpaired) electrons. The second-order valence-electron chi connectivity index (χ2n) is 6.20. The summed E-state index contributed by atoms with van der Waals surface area (Å²) in [6.07, 6.45) is 4.29. The topological polar surface area (TPSA) is 68.0 Å². The summed E-state index contributed by atoms with van der Waals surface area (Å²) >= 11 is 1.77. The molecule has 0 saturated heterocycles. The van der Waals surface area contributed by atoms with E-state index < -0.39 is 0 Å². The molecule has 0 aromatic carbocycles. The van der Waals surface area contributed by atoms with E-state index in [0.29, 0.717) is 24.1 Å². The predicted octanol–water partition coefficient (Wildman–Crippen LogP) is 4.06. The van der Waals surface area contributed by atoms with Crippen molar-refractivity contribution in [2.45, 2.75) is 58.9 Å². The molecule has 0 aliphatic heterocycles. The third-order valence-electron chi connectivity index (χ3n) is 3.54. The first kappa shape index (κ1) is 17.7. The van der Waals surface area contributed by atoms with E-state index in [-0.39, 0.29) is 11.9 Å². The highest BCUT2D eigenvalue weighted by Crippen LogP contribution is 2.20. The molecule has 0 saturated carbocycles. The first-order valence-corrected chi connectivity index (χ1v) is 9.04. The summed E-state index contributed by atoms with van der Waals surface area (Å²) in [7, 11) is 0. The zero-order chi connectivity index (χ0) is 16.7. The SMILES string of the molecule is Cc1nnc(C(CC(C)C)NC(=O)CCCCc2cccs2)o1. The zero-order valence-electron chi connectivity index (χ0n) is 14.0. The van der Waals surface area contributed by atoms with Crippen LogP contribution in [0, 0.1) is 12.8 Å². The van der Waals surface area contributed by atoms with Crippen LogP contribution >= 0.6 is 11.3 Å². The second kappa shape index (κ2) is 8.82. The van der Waals surface area contributed by atoms with Crippen LogP contribution < -0.4 is 5.32 Å². The van der Waals surface area contributed by atoms with Crippen molar-refractivity contribution in [3.05, 3.63) is 34.2 Å². The van der Waals surface area contributed by atoms with Crippen LogP contribution in [0.4, 0.5) is 0 Å². The number of hydrogen-bond acceptors (Lipinski definition) is 5. The maximum Gasteiger partial charge on any atom is 0.238 e. The van der Waals surface area contributed by atoms with Crippen molar-refractivity contribution >= 4 is 17.2 Å². The van der Waals surface area contributed by atoms with Gasteiger partial charge in [-0.1, -0.05) is 19.9 Å². The minimum absolute atomic E-state index is 0.0534. The average Bonchev–Trinajstić information content (AvgIpc) is 3.14. The Labute approximate surface area is 141 Å². The predicted molar refractivity (Wildman–Crippen MR) is 91.2 cm³/mol. The van der Waals surface area contributed by atoms with E-state index in [9.17, 15) is 4.79 Å². The molecule has 1 N–H and O–H groups in total. The largest absolute Gasteiger partial charge is 0.423 e. The van der Waals surface area contributed by atoms with Crippen LogP contribution in [0.1, 0.15) is 62.2 Å². The molecular weight excluding hydrogens is 310 g/mol. The molecule has 1 amide bonds. The molecule has 0 bridgehead atoms. The first-order chi connectivity index (χ1) is 11.0. The Bertz CT molecular complexity index is 593. The Kier molecular flexibility index (Phi) is 6.77. The minimum atomic E-state index is -0.194. The number of nitrogens with one attached hydrogen (secondary N) is 1. The molecular formula is C17H25N3O2S. The van der Waals surface area contributed by atoms with Gasteiger partial charge in [-0.15, -0.1) is 21.5 Å². The lowest BCUT2D eigenvalue weighted by molar-refractivity contribution is -0.122. The van der Waals surface area contributed by atoms with E-state index in [1.807, 2.05) is 0 Å². The fourth-order valence-electron chi connectivity index (χ4n) is 2.45. The number of nitrogens with zero attached hydrogens (tertiary/aromatic N) is 2. The summed E-state index contributed by atoms with van der Waals surface area (Å²) in [6, 6.07) is 4.01. The normalized spacial score (nSPS) is 12.5. The van der Waals surface area contributed by atoms with Gasteiger partial charge in [0.15, 0.2) is 0 Å². The van der Waals surface area contributed by atoms with E-state index >= 15 is 0 Å². The minimum Gasteiger partial charge on any atom is -0.423 e. The standard InChI is InChI=1S/C17H25N3O2S/c1-12(2)11-15(17-20-19-13(3)22-17)18-16(21)9-5-4-7-14-8-6-10-23-14/h6,8,10,12,15H,4-5,7,9,11H2,1-3H3,(H,18,21). The fourth-order valence-corrected chi connectivity index (χ4v) is 3.20. The van der Waals surface area contributed by atoms with Crippen molar-refractivity contribution in [3.8, 4) is 0 Å². The molecule has 0 aliphatic rings. The highest BCUT2D eigenvalue weighted by molar-refractivity contribution is 7.09. The number of carbonyl (C=O) groups excluding carboxylic acids is 1. The third-order valence-corrected chi connectivity index (χ3v) is 4.48. The lowest BCUT2D eigenvalue weighted by atomic mass is 10.0. The first-order valence-electron chi connectivity index (χ1n) is 8.16. The average molecular weight is 335 g/mol. The van der Waals surface area contributed by atoms with Gasteiger partial charge in [-0.25, -0.2) is 0 Å². The van der Waals surface area contributed by atoms with Crippen molar-refractivity contribution in [1.29, 1.82) is 0 Å². The van der Waals surface area contributed by atoms with Crippen LogP contribution in [0.15, 0.2) is 21.9 Å². The third kappa shape index (κ3) is 6.14. The van der Waals surface area contributed by atoms with Crippen LogP contribution in [0.5, 0.6) is 0 Å². The van der Waals surface area contributed by atoms with Crippen molar-refractivity contribution in [2.24, 2.45) is 5.92 Å². The molecule has 2 rings (SSSR count). The lowest BCUT2D eigenvalue weighted by Gasteiger charge is -2.17. The van der Waals surface area contributed by atoms with E-state index in [1.165, 1.54) is 4.88 Å². The van der Waals surface area contributed by atoms with E-state index in [2.05, 4.69) is 46.9 Å². The molecule has 2 aromatic heterocycles. The van der Waals surface area contributed by atoms with Gasteiger partial charge in [0.1, 0.15) is 6.04 Å². The Hall–Kier alpha value is -1.69. The Morgan fingerprint density at radius 1 is 1.35 bits per heavy atom. The van der Waals surface area contributed by atoms with Gasteiger partial charge in [-0.3, -0.25) is 4.79 Å². The second-order valence-corrected chi connectivity index (χ2v) is 7.23. The summed E-state index contributed by atoms with van der Waals surface area (Å²) in [6.45, 7) is 5.99. The molecule has 5 nitrogen and oxygen atoms in total. The highest BCUT2D eigenvalue weighted by Gasteiger charge is 2.21. The number of thiophene rings is 1. The molecule has 6 heteroatoms. The van der Waals surface area contributed by atoms with E-state index in [4.69, 9.17) is 4.42 Å². The number of carbonyl (C=O) groups is 1. The molecule has 1 atom stereocenters. The van der Waals surface area contributed by atoms with Gasteiger partial charge in [0.25, 0.3) is 0 Å². The summed E-state index contributed by atoms with van der Waals surface area (Å²) in [5, 5.41) is 13.0. The number of aryl methyl sites for hydroxylation is 2. The van der Waals surface area contributed by atoms with Crippen molar-refractivity contribution < 1.29 is 9.21 Å². The lowest BCUT2D eigenvalue weighted by Crippen LogP contribution is -2.29. The number of amides is 1. The van der Waals surface area contributed by atoms with Crippen molar-refractivity contribution in [1.82, 2.24) is 15.5 Å². The molecule has 0 fully saturated rings. The Balaban J connectivity index is 1.77. The summed E-state index contributed by atoms with van der Waals surface area (Å²) in [5.74, 6) is 1.52. The maximum absolute atomic E-state index is 12.2. The number of unbranched alkanes of at least 4 members (excludes halogenated alkanes) is 1. The quantitative estimate of drug-likeness (QED) is 0.702. The maximum atomic E-state index is 12.2. The molecule has 0 aliphatic carbocycles. The van der Waals surface area contributed by atoms with Crippen LogP contribution in [0.2, 0.25) is 0 Å². The monoisotopic (exact) mass is 335 g/mol. The molecule has 23 heavy (non-hydrogen) atoms. The van der Waals surface area contributed by atoms with E-state index in [1.54, 1.807) is 18.3 Å². The van der Waals surface area contributed by atoms with Gasteiger partial charge in [0.05, 0.1) is 0 Å². The summed E-state index contributed by atoms with van der Waals surface area (Å²) in [5.41, 5.74) is 0. The van der Waals surface area contributed by atoms with Gasteiger partial charge in [0.2, 0.25) is 17.7 Å². The molecule has 0 spiro atoms. The van der Waals surface area contributed by atoms with Gasteiger partial charge < -0.3 is 9.73 Å². The molecule has 126 valence electrons. The molecule has 1 unspecified atom stereocenters. The molecule has 2 heterocycles. The van der Waals surface area contributed by atoms with E-state index in [0.717, 1.165) is 25.7 Å². The van der Waals surface area contributed by atoms with Crippen LogP contribution in [0.3, 0.4) is 0 Å². The van der Waals surface area contributed by atoms with Crippen molar-refractivity contribution in [2.75, 3.05) is 0 Å². The van der Waals surface area contributed by atoms with Gasteiger partial charge in [0, 0.05) is 18.2 Å². The number of rotatable bonds is 9. The Morgan fingerprint density at radius 2 is 2.17 bits per heavy atom.